The van der Waals surface area contributed by atoms with E-state index in [1.807, 2.05) is 0 Å². The Bertz CT molecular complexity index is 543. The highest BCUT2D eigenvalue weighted by Crippen LogP contribution is 2.25. The van der Waals surface area contributed by atoms with Crippen LogP contribution in [0.5, 0.6) is 0 Å². The summed E-state index contributed by atoms with van der Waals surface area (Å²) in [6, 6.07) is 4.57. The smallest absolute Gasteiger partial charge is 0.217 e. The summed E-state index contributed by atoms with van der Waals surface area (Å²) in [5.41, 5.74) is 11.0. The van der Waals surface area contributed by atoms with E-state index < -0.39 is 15.7 Å². The molecule has 0 aliphatic heterocycles. The topological polar surface area (TPSA) is 103 Å². The van der Waals surface area contributed by atoms with Gasteiger partial charge in [-0.1, -0.05) is 0 Å². The first-order valence-electron chi connectivity index (χ1n) is 5.39. The SMILES string of the molecule is NC(=O)CCCCS(=O)(=O)c1ccc(N)cc1Br. The fraction of sp³-hybridized carbons (Fsp3) is 0.364. The van der Waals surface area contributed by atoms with Gasteiger partial charge in [0.15, 0.2) is 9.84 Å². The number of sulfone groups is 1. The number of hydrogen-bond donors (Lipinski definition) is 2. The molecule has 0 atom stereocenters. The second kappa shape index (κ2) is 6.19. The lowest BCUT2D eigenvalue weighted by molar-refractivity contribution is -0.118. The van der Waals surface area contributed by atoms with Crippen molar-refractivity contribution in [2.45, 2.75) is 24.2 Å². The molecule has 18 heavy (non-hydrogen) atoms. The summed E-state index contributed by atoms with van der Waals surface area (Å²) in [6.45, 7) is 0. The highest BCUT2D eigenvalue weighted by atomic mass is 79.9. The Morgan fingerprint density at radius 3 is 2.50 bits per heavy atom. The molecule has 1 aromatic carbocycles. The number of nitrogens with two attached hydrogens (primary N) is 2. The number of carbonyl (C=O) groups excluding carboxylic acids is 1. The number of amides is 1. The number of unbranched alkanes of at least 4 members (excludes halogenated alkanes) is 1. The van der Waals surface area contributed by atoms with Crippen LogP contribution in [0.2, 0.25) is 0 Å². The number of nitrogen functional groups attached to an aromatic ring is 1. The Balaban J connectivity index is 2.71. The van der Waals surface area contributed by atoms with E-state index in [1.54, 1.807) is 12.1 Å². The van der Waals surface area contributed by atoms with Gasteiger partial charge in [-0.05, 0) is 47.0 Å². The number of hydrogen-bond acceptors (Lipinski definition) is 4. The number of benzene rings is 1. The van der Waals surface area contributed by atoms with Crippen LogP contribution in [0.25, 0.3) is 0 Å². The maximum Gasteiger partial charge on any atom is 0.217 e. The molecule has 0 aliphatic carbocycles. The normalized spacial score (nSPS) is 11.4. The third kappa shape index (κ3) is 4.30. The van der Waals surface area contributed by atoms with Crippen LogP contribution in [0.1, 0.15) is 19.3 Å². The number of primary amides is 1. The van der Waals surface area contributed by atoms with Gasteiger partial charge < -0.3 is 11.5 Å². The molecule has 7 heteroatoms. The fourth-order valence-corrected chi connectivity index (χ4v) is 4.04. The molecule has 0 spiro atoms. The largest absolute Gasteiger partial charge is 0.399 e. The number of rotatable bonds is 6. The predicted molar refractivity (Wildman–Crippen MR) is 73.7 cm³/mol. The standard InChI is InChI=1S/C11H15BrN2O3S/c12-9-7-8(13)4-5-10(9)18(16,17)6-2-1-3-11(14)15/h4-5,7H,1-3,6,13H2,(H2,14,15). The lowest BCUT2D eigenvalue weighted by atomic mass is 10.2. The summed E-state index contributed by atoms with van der Waals surface area (Å²) in [4.78, 5) is 10.8. The zero-order valence-corrected chi connectivity index (χ0v) is 12.1. The molecule has 1 rings (SSSR count). The minimum atomic E-state index is -3.36. The molecule has 1 aromatic rings. The van der Waals surface area contributed by atoms with Crippen molar-refractivity contribution >= 4 is 37.4 Å². The molecule has 0 saturated heterocycles. The zero-order chi connectivity index (χ0) is 13.8. The lowest BCUT2D eigenvalue weighted by Gasteiger charge is -2.07. The molecule has 0 aliphatic rings. The van der Waals surface area contributed by atoms with Gasteiger partial charge in [-0.3, -0.25) is 4.79 Å². The van der Waals surface area contributed by atoms with Crippen LogP contribution in [0, 0.1) is 0 Å². The maximum atomic E-state index is 12.0. The second-order valence-corrected chi connectivity index (χ2v) is 6.86. The zero-order valence-electron chi connectivity index (χ0n) is 9.73. The molecular weight excluding hydrogens is 320 g/mol. The molecule has 1 amide bonds. The maximum absolute atomic E-state index is 12.0. The van der Waals surface area contributed by atoms with Crippen molar-refractivity contribution in [3.63, 3.8) is 0 Å². The summed E-state index contributed by atoms with van der Waals surface area (Å²) >= 11 is 3.18. The fourth-order valence-electron chi connectivity index (χ4n) is 1.47. The average molecular weight is 335 g/mol. The van der Waals surface area contributed by atoms with Gasteiger partial charge >= 0.3 is 0 Å². The number of anilines is 1. The number of halogens is 1. The Hall–Kier alpha value is -1.08. The van der Waals surface area contributed by atoms with Crippen molar-refractivity contribution in [2.24, 2.45) is 5.73 Å². The molecule has 0 unspecified atom stereocenters. The summed E-state index contributed by atoms with van der Waals surface area (Å²) in [6.07, 6.45) is 1.08. The van der Waals surface area contributed by atoms with E-state index in [2.05, 4.69) is 15.9 Å². The predicted octanol–water partition coefficient (Wildman–Crippen LogP) is 1.46. The lowest BCUT2D eigenvalue weighted by Crippen LogP contribution is -2.12. The molecule has 100 valence electrons. The van der Waals surface area contributed by atoms with Crippen LogP contribution >= 0.6 is 15.9 Å². The molecule has 4 N–H and O–H groups in total. The van der Waals surface area contributed by atoms with Crippen molar-refractivity contribution in [3.05, 3.63) is 22.7 Å². The highest BCUT2D eigenvalue weighted by Gasteiger charge is 2.17. The van der Waals surface area contributed by atoms with E-state index in [1.165, 1.54) is 6.07 Å². The van der Waals surface area contributed by atoms with Crippen LogP contribution in [0.15, 0.2) is 27.6 Å². The van der Waals surface area contributed by atoms with Crippen molar-refractivity contribution in [1.82, 2.24) is 0 Å². The summed E-state index contributed by atoms with van der Waals surface area (Å²) in [7, 11) is -3.36. The monoisotopic (exact) mass is 334 g/mol. The first-order chi connectivity index (χ1) is 8.33. The van der Waals surface area contributed by atoms with Gasteiger partial charge in [0.2, 0.25) is 5.91 Å². The molecule has 0 radical (unpaired) electrons. The van der Waals surface area contributed by atoms with Gasteiger partial charge in [0.25, 0.3) is 0 Å². The van der Waals surface area contributed by atoms with E-state index in [-0.39, 0.29) is 17.1 Å². The molecule has 0 bridgehead atoms. The van der Waals surface area contributed by atoms with Crippen molar-refractivity contribution in [3.8, 4) is 0 Å². The van der Waals surface area contributed by atoms with Gasteiger partial charge in [0, 0.05) is 16.6 Å². The van der Waals surface area contributed by atoms with Gasteiger partial charge in [-0.2, -0.15) is 0 Å². The summed E-state index contributed by atoms with van der Waals surface area (Å²) in [5, 5.41) is 0. The average Bonchev–Trinajstić information content (AvgIpc) is 2.23. The van der Waals surface area contributed by atoms with Crippen molar-refractivity contribution in [1.29, 1.82) is 0 Å². The van der Waals surface area contributed by atoms with Crippen LogP contribution in [0.3, 0.4) is 0 Å². The second-order valence-electron chi connectivity index (χ2n) is 3.93. The molecular formula is C11H15BrN2O3S. The molecule has 0 aromatic heterocycles. The van der Waals surface area contributed by atoms with Crippen LogP contribution < -0.4 is 11.5 Å². The highest BCUT2D eigenvalue weighted by molar-refractivity contribution is 9.10. The Morgan fingerprint density at radius 2 is 1.94 bits per heavy atom. The van der Waals surface area contributed by atoms with Gasteiger partial charge in [-0.15, -0.1) is 0 Å². The first-order valence-corrected chi connectivity index (χ1v) is 7.83. The van der Waals surface area contributed by atoms with E-state index in [0.29, 0.717) is 23.0 Å². The van der Waals surface area contributed by atoms with Gasteiger partial charge in [0.1, 0.15) is 0 Å². The summed E-state index contributed by atoms with van der Waals surface area (Å²) < 4.78 is 24.5. The minimum Gasteiger partial charge on any atom is -0.399 e. The van der Waals surface area contributed by atoms with Crippen molar-refractivity contribution in [2.75, 3.05) is 11.5 Å². The van der Waals surface area contributed by atoms with E-state index in [9.17, 15) is 13.2 Å². The molecule has 0 heterocycles. The van der Waals surface area contributed by atoms with E-state index in [0.717, 1.165) is 0 Å². The van der Waals surface area contributed by atoms with Crippen LogP contribution in [-0.4, -0.2) is 20.1 Å². The third-order valence-electron chi connectivity index (χ3n) is 2.38. The summed E-state index contributed by atoms with van der Waals surface area (Å²) in [5.74, 6) is -0.427. The number of carbonyl (C=O) groups is 1. The Kier molecular flexibility index (Phi) is 5.15. The minimum absolute atomic E-state index is 0.0111. The Morgan fingerprint density at radius 1 is 1.28 bits per heavy atom. The first kappa shape index (κ1) is 15.0. The van der Waals surface area contributed by atoms with Gasteiger partial charge in [0.05, 0.1) is 10.6 Å². The van der Waals surface area contributed by atoms with E-state index >= 15 is 0 Å². The van der Waals surface area contributed by atoms with Crippen molar-refractivity contribution < 1.29 is 13.2 Å². The van der Waals surface area contributed by atoms with Crippen LogP contribution in [0.4, 0.5) is 5.69 Å². The quantitative estimate of drug-likeness (QED) is 0.607. The molecule has 0 saturated carbocycles. The molecule has 5 nitrogen and oxygen atoms in total. The Labute approximate surface area is 115 Å². The third-order valence-corrected chi connectivity index (χ3v) is 5.15. The van der Waals surface area contributed by atoms with E-state index in [4.69, 9.17) is 11.5 Å². The molecule has 0 fully saturated rings. The van der Waals surface area contributed by atoms with Gasteiger partial charge in [-0.25, -0.2) is 8.42 Å². The van der Waals surface area contributed by atoms with Crippen LogP contribution in [-0.2, 0) is 14.6 Å².